The van der Waals surface area contributed by atoms with Gasteiger partial charge in [0.1, 0.15) is 11.5 Å². The molecule has 1 heterocycles. The first kappa shape index (κ1) is 19.6. The molecule has 0 bridgehead atoms. The molecule has 0 radical (unpaired) electrons. The first-order valence-corrected chi connectivity index (χ1v) is 9.15. The van der Waals surface area contributed by atoms with Crippen molar-refractivity contribution in [1.29, 1.82) is 0 Å². The minimum atomic E-state index is -0.342. The van der Waals surface area contributed by atoms with Crippen molar-refractivity contribution in [1.82, 2.24) is 5.32 Å². The lowest BCUT2D eigenvalue weighted by Gasteiger charge is -2.15. The van der Waals surface area contributed by atoms with Gasteiger partial charge in [-0.05, 0) is 43.5 Å². The van der Waals surface area contributed by atoms with Gasteiger partial charge in [-0.1, -0.05) is 18.2 Å². The van der Waals surface area contributed by atoms with E-state index < -0.39 is 0 Å². The van der Waals surface area contributed by atoms with E-state index in [0.29, 0.717) is 30.0 Å². The highest BCUT2D eigenvalue weighted by molar-refractivity contribution is 5.97. The fourth-order valence-electron chi connectivity index (χ4n) is 3.27. The average Bonchev–Trinajstić information content (AvgIpc) is 2.71. The Hall–Kier alpha value is -3.15. The number of methoxy groups -OCH3 is 2. The topological polar surface area (TPSA) is 77.0 Å². The van der Waals surface area contributed by atoms with Crippen LogP contribution in [0.25, 0.3) is 6.08 Å². The normalized spacial score (nSPS) is 15.1. The standard InChI is InChI=1S/C22H24N2O4/c1-13-5-6-14(2)20-18(13)11-15(21(25)24-20)9-10-23-22(26)17-8-7-16(27-3)12-19(17)28-4/h5-8,11-12,15H,9-10H2,1-4H3,(H,23,26). The van der Waals surface area contributed by atoms with Gasteiger partial charge in [0.15, 0.2) is 0 Å². The lowest BCUT2D eigenvalue weighted by Crippen LogP contribution is -2.38. The number of carbonyl (C=O) groups excluding carboxylic acids is 2. The Bertz CT molecular complexity index is 1040. The number of fused-ring (bicyclic) bond motifs is 1. The second-order valence-corrected chi connectivity index (χ2v) is 6.80. The lowest BCUT2D eigenvalue weighted by atomic mass is 9.97. The Balaban J connectivity index is 1.70. The van der Waals surface area contributed by atoms with E-state index in [4.69, 9.17) is 9.47 Å². The highest BCUT2D eigenvalue weighted by atomic mass is 16.5. The van der Waals surface area contributed by atoms with Gasteiger partial charge in [-0.3, -0.25) is 9.59 Å². The number of rotatable bonds is 6. The van der Waals surface area contributed by atoms with Gasteiger partial charge in [0.25, 0.3) is 11.8 Å². The maximum Gasteiger partial charge on any atom is 0.255 e. The molecule has 0 saturated carbocycles. The molecule has 1 aliphatic rings. The maximum atomic E-state index is 12.5. The van der Waals surface area contributed by atoms with Gasteiger partial charge in [0, 0.05) is 17.8 Å². The molecule has 2 aromatic rings. The van der Waals surface area contributed by atoms with Gasteiger partial charge in [-0.15, -0.1) is 0 Å². The van der Waals surface area contributed by atoms with Crippen LogP contribution in [0.4, 0.5) is 0 Å². The van der Waals surface area contributed by atoms with Crippen LogP contribution in [0.15, 0.2) is 35.3 Å². The molecule has 0 aliphatic carbocycles. The summed E-state index contributed by atoms with van der Waals surface area (Å²) in [6.45, 7) is 4.32. The summed E-state index contributed by atoms with van der Waals surface area (Å²) in [4.78, 5) is 29.2. The van der Waals surface area contributed by atoms with Gasteiger partial charge in [-0.25, -0.2) is 4.99 Å². The third-order valence-electron chi connectivity index (χ3n) is 4.94. The van der Waals surface area contributed by atoms with Crippen LogP contribution in [0, 0.1) is 19.8 Å². The van der Waals surface area contributed by atoms with Gasteiger partial charge >= 0.3 is 0 Å². The summed E-state index contributed by atoms with van der Waals surface area (Å²) in [5.41, 5.74) is 2.50. The summed E-state index contributed by atoms with van der Waals surface area (Å²) in [7, 11) is 3.06. The number of nitrogens with one attached hydrogen (secondary N) is 1. The fourth-order valence-corrected chi connectivity index (χ4v) is 3.27. The van der Waals surface area contributed by atoms with Crippen LogP contribution < -0.4 is 25.4 Å². The Morgan fingerprint density at radius 2 is 1.86 bits per heavy atom. The van der Waals surface area contributed by atoms with Gasteiger partial charge in [-0.2, -0.15) is 0 Å². The van der Waals surface area contributed by atoms with Crippen LogP contribution in [0.2, 0.25) is 0 Å². The highest BCUT2D eigenvalue weighted by Crippen LogP contribution is 2.24. The number of amides is 2. The molecule has 1 atom stereocenters. The van der Waals surface area contributed by atoms with Crippen LogP contribution in [-0.2, 0) is 4.79 Å². The zero-order valence-electron chi connectivity index (χ0n) is 16.5. The van der Waals surface area contributed by atoms with Gasteiger partial charge in [0.05, 0.1) is 31.1 Å². The molecule has 1 aliphatic heterocycles. The zero-order chi connectivity index (χ0) is 20.3. The van der Waals surface area contributed by atoms with Crippen LogP contribution >= 0.6 is 0 Å². The molecule has 1 unspecified atom stereocenters. The van der Waals surface area contributed by atoms with Crippen molar-refractivity contribution in [3.63, 3.8) is 0 Å². The molecule has 28 heavy (non-hydrogen) atoms. The number of hydrogen-bond acceptors (Lipinski definition) is 4. The molecule has 6 nitrogen and oxygen atoms in total. The van der Waals surface area contributed by atoms with E-state index >= 15 is 0 Å². The number of ether oxygens (including phenoxy) is 2. The van der Waals surface area contributed by atoms with Crippen molar-refractivity contribution in [2.75, 3.05) is 20.8 Å². The molecule has 2 amide bonds. The Morgan fingerprint density at radius 1 is 1.11 bits per heavy atom. The molecule has 1 N–H and O–H groups in total. The Kier molecular flexibility index (Phi) is 5.78. The van der Waals surface area contributed by atoms with E-state index in [2.05, 4.69) is 10.3 Å². The third kappa shape index (κ3) is 3.91. The van der Waals surface area contributed by atoms with Gasteiger partial charge in [0.2, 0.25) is 0 Å². The van der Waals surface area contributed by atoms with E-state index in [1.54, 1.807) is 25.3 Å². The molecular formula is C22H24N2O4. The van der Waals surface area contributed by atoms with Crippen molar-refractivity contribution in [2.45, 2.75) is 20.3 Å². The van der Waals surface area contributed by atoms with E-state index in [9.17, 15) is 9.59 Å². The minimum Gasteiger partial charge on any atom is -0.497 e. The summed E-state index contributed by atoms with van der Waals surface area (Å²) in [5, 5.41) is 4.62. The molecular weight excluding hydrogens is 356 g/mol. The first-order chi connectivity index (χ1) is 13.4. The molecule has 0 aromatic heterocycles. The van der Waals surface area contributed by atoms with Crippen molar-refractivity contribution < 1.29 is 19.1 Å². The molecule has 6 heteroatoms. The number of nitrogens with zero attached hydrogens (tertiary/aromatic N) is 1. The molecule has 0 spiro atoms. The number of carbonyl (C=O) groups is 2. The van der Waals surface area contributed by atoms with Crippen LogP contribution in [0.3, 0.4) is 0 Å². The zero-order valence-corrected chi connectivity index (χ0v) is 16.5. The van der Waals surface area contributed by atoms with Crippen LogP contribution in [-0.4, -0.2) is 32.6 Å². The number of benzene rings is 2. The monoisotopic (exact) mass is 380 g/mol. The van der Waals surface area contributed by atoms with Crippen molar-refractivity contribution >= 4 is 17.9 Å². The van der Waals surface area contributed by atoms with Crippen molar-refractivity contribution in [3.8, 4) is 11.5 Å². The molecule has 146 valence electrons. The average molecular weight is 380 g/mol. The van der Waals surface area contributed by atoms with E-state index in [1.807, 2.05) is 32.1 Å². The summed E-state index contributed by atoms with van der Waals surface area (Å²) in [6, 6.07) is 9.03. The SMILES string of the molecule is COc1ccc(C(=O)NCCC2C=c3c(C)ccc(C)c3=NC2=O)c(OC)c1. The summed E-state index contributed by atoms with van der Waals surface area (Å²) in [5.74, 6) is 0.282. The number of hydrogen-bond donors (Lipinski definition) is 1. The second-order valence-electron chi connectivity index (χ2n) is 6.80. The Morgan fingerprint density at radius 3 is 2.57 bits per heavy atom. The van der Waals surface area contributed by atoms with Crippen LogP contribution in [0.5, 0.6) is 11.5 Å². The molecule has 2 aromatic carbocycles. The quantitative estimate of drug-likeness (QED) is 0.828. The van der Waals surface area contributed by atoms with Crippen LogP contribution in [0.1, 0.15) is 27.9 Å². The molecule has 3 rings (SSSR count). The smallest absolute Gasteiger partial charge is 0.255 e. The predicted octanol–water partition coefficient (Wildman–Crippen LogP) is 1.70. The van der Waals surface area contributed by atoms with E-state index in [1.165, 1.54) is 7.11 Å². The third-order valence-corrected chi connectivity index (χ3v) is 4.94. The number of aryl methyl sites for hydroxylation is 2. The summed E-state index contributed by atoms with van der Waals surface area (Å²) < 4.78 is 10.4. The summed E-state index contributed by atoms with van der Waals surface area (Å²) >= 11 is 0. The van der Waals surface area contributed by atoms with Gasteiger partial charge < -0.3 is 14.8 Å². The minimum absolute atomic E-state index is 0.169. The van der Waals surface area contributed by atoms with E-state index in [-0.39, 0.29) is 17.7 Å². The maximum absolute atomic E-state index is 12.5. The predicted molar refractivity (Wildman–Crippen MR) is 106 cm³/mol. The second kappa shape index (κ2) is 8.25. The molecule has 0 saturated heterocycles. The van der Waals surface area contributed by atoms with Crippen molar-refractivity contribution in [3.05, 3.63) is 57.6 Å². The van der Waals surface area contributed by atoms with Crippen molar-refractivity contribution in [2.24, 2.45) is 10.9 Å². The first-order valence-electron chi connectivity index (χ1n) is 9.15. The highest BCUT2D eigenvalue weighted by Gasteiger charge is 2.20. The fraction of sp³-hybridized carbons (Fsp3) is 0.318. The Labute approximate surface area is 163 Å². The largest absolute Gasteiger partial charge is 0.497 e. The van der Waals surface area contributed by atoms with E-state index in [0.717, 1.165) is 21.7 Å². The molecule has 0 fully saturated rings. The summed E-state index contributed by atoms with van der Waals surface area (Å²) in [6.07, 6.45) is 2.45. The lowest BCUT2D eigenvalue weighted by molar-refractivity contribution is -0.120.